The number of benzene rings is 4. The number of likely N-dealkylation sites (tertiary alicyclic amines) is 1. The molecule has 0 radical (unpaired) electrons. The fraction of sp³-hybridized carbons (Fsp3) is 0.256. The van der Waals surface area contributed by atoms with Crippen molar-refractivity contribution < 1.29 is 23.7 Å². The van der Waals surface area contributed by atoms with Gasteiger partial charge >= 0.3 is 6.09 Å². The molecule has 1 aliphatic heterocycles. The van der Waals surface area contributed by atoms with Crippen LogP contribution in [0.25, 0.3) is 11.3 Å². The summed E-state index contributed by atoms with van der Waals surface area (Å²) in [7, 11) is 3.19. The molecule has 4 aromatic carbocycles. The smallest absolute Gasteiger partial charge is 0.410 e. The summed E-state index contributed by atoms with van der Waals surface area (Å²) in [5, 5.41) is 3.27. The second-order valence-electron chi connectivity index (χ2n) is 11.8. The zero-order valence-corrected chi connectivity index (χ0v) is 27.7. The van der Waals surface area contributed by atoms with E-state index in [1.54, 1.807) is 35.9 Å². The Morgan fingerprint density at radius 1 is 0.857 bits per heavy atom. The highest BCUT2D eigenvalue weighted by atomic mass is 16.6. The molecule has 1 amide bonds. The van der Waals surface area contributed by atoms with Crippen molar-refractivity contribution in [2.75, 3.05) is 32.6 Å². The number of nitrogens with one attached hydrogen (secondary N) is 1. The van der Waals surface area contributed by atoms with E-state index in [0.717, 1.165) is 28.7 Å². The Bertz CT molecular complexity index is 1910. The van der Waals surface area contributed by atoms with Gasteiger partial charge in [0.2, 0.25) is 0 Å². The summed E-state index contributed by atoms with van der Waals surface area (Å²) in [6.45, 7) is 1.73. The molecule has 1 N–H and O–H groups in total. The van der Waals surface area contributed by atoms with Gasteiger partial charge in [-0.25, -0.2) is 9.78 Å². The van der Waals surface area contributed by atoms with E-state index >= 15 is 0 Å². The van der Waals surface area contributed by atoms with Crippen LogP contribution in [0.3, 0.4) is 0 Å². The lowest BCUT2D eigenvalue weighted by atomic mass is 10.1. The average molecular weight is 661 g/mol. The van der Waals surface area contributed by atoms with Crippen LogP contribution in [0.5, 0.6) is 17.2 Å². The summed E-state index contributed by atoms with van der Waals surface area (Å²) >= 11 is 0. The Labute approximate surface area is 285 Å². The van der Waals surface area contributed by atoms with E-state index in [2.05, 4.69) is 5.32 Å². The highest BCUT2D eigenvalue weighted by Gasteiger charge is 2.28. The molecule has 1 saturated heterocycles. The number of piperidine rings is 1. The predicted octanol–water partition coefficient (Wildman–Crippen LogP) is 7.09. The van der Waals surface area contributed by atoms with E-state index in [-0.39, 0.29) is 30.6 Å². The van der Waals surface area contributed by atoms with Crippen molar-refractivity contribution in [1.82, 2.24) is 14.5 Å². The summed E-state index contributed by atoms with van der Waals surface area (Å²) in [6, 6.07) is 32.4. The zero-order chi connectivity index (χ0) is 34.0. The SMILES string of the molecule is COc1ccc(CNc2nc(-c3ccccc3OCc3ccccc3)cn(C3CCCN(C(=O)OCc4ccccc4)C3)c2=O)c(OC)c1. The minimum Gasteiger partial charge on any atom is -0.497 e. The molecule has 1 fully saturated rings. The molecule has 252 valence electrons. The predicted molar refractivity (Wildman–Crippen MR) is 188 cm³/mol. The molecule has 0 bridgehead atoms. The molecule has 0 spiro atoms. The normalized spacial score (nSPS) is 14.2. The zero-order valence-electron chi connectivity index (χ0n) is 27.7. The molecule has 6 rings (SSSR count). The van der Waals surface area contributed by atoms with Gasteiger partial charge in [-0.15, -0.1) is 0 Å². The van der Waals surface area contributed by atoms with Crippen LogP contribution in [0.15, 0.2) is 114 Å². The number of carbonyl (C=O) groups excluding carboxylic acids is 1. The second-order valence-corrected chi connectivity index (χ2v) is 11.8. The van der Waals surface area contributed by atoms with Gasteiger partial charge < -0.3 is 33.7 Å². The lowest BCUT2D eigenvalue weighted by molar-refractivity contribution is 0.0798. The van der Waals surface area contributed by atoms with Crippen LogP contribution in [-0.2, 0) is 24.5 Å². The van der Waals surface area contributed by atoms with Crippen molar-refractivity contribution in [1.29, 1.82) is 0 Å². The van der Waals surface area contributed by atoms with Gasteiger partial charge in [-0.2, -0.15) is 0 Å². The molecular weight excluding hydrogens is 620 g/mol. The fourth-order valence-electron chi connectivity index (χ4n) is 5.90. The number of hydrogen-bond donors (Lipinski definition) is 1. The Morgan fingerprint density at radius 2 is 1.57 bits per heavy atom. The number of amides is 1. The van der Waals surface area contributed by atoms with Gasteiger partial charge in [0.25, 0.3) is 5.56 Å². The number of methoxy groups -OCH3 is 2. The van der Waals surface area contributed by atoms with E-state index in [0.29, 0.717) is 49.1 Å². The van der Waals surface area contributed by atoms with Gasteiger partial charge in [0, 0.05) is 43.0 Å². The van der Waals surface area contributed by atoms with Crippen molar-refractivity contribution in [2.45, 2.75) is 38.6 Å². The molecule has 10 heteroatoms. The van der Waals surface area contributed by atoms with E-state index in [1.165, 1.54) is 0 Å². The number of nitrogens with zero attached hydrogens (tertiary/aromatic N) is 3. The molecule has 1 aromatic heterocycles. The number of carbonyl (C=O) groups is 1. The minimum absolute atomic E-state index is 0.178. The van der Waals surface area contributed by atoms with Crippen LogP contribution in [-0.4, -0.2) is 47.9 Å². The lowest BCUT2D eigenvalue weighted by Crippen LogP contribution is -2.43. The van der Waals surface area contributed by atoms with E-state index in [9.17, 15) is 9.59 Å². The van der Waals surface area contributed by atoms with Crippen LogP contribution >= 0.6 is 0 Å². The second kappa shape index (κ2) is 15.9. The monoisotopic (exact) mass is 660 g/mol. The maximum Gasteiger partial charge on any atom is 0.410 e. The van der Waals surface area contributed by atoms with Crippen molar-refractivity contribution in [3.05, 3.63) is 136 Å². The third kappa shape index (κ3) is 8.21. The first-order valence-electron chi connectivity index (χ1n) is 16.3. The van der Waals surface area contributed by atoms with Crippen LogP contribution in [0, 0.1) is 0 Å². The number of anilines is 1. The Balaban J connectivity index is 1.31. The van der Waals surface area contributed by atoms with Crippen LogP contribution in [0.1, 0.15) is 35.6 Å². The average Bonchev–Trinajstić information content (AvgIpc) is 3.16. The minimum atomic E-state index is -0.402. The highest BCUT2D eigenvalue weighted by molar-refractivity contribution is 5.69. The number of hydrogen-bond acceptors (Lipinski definition) is 8. The lowest BCUT2D eigenvalue weighted by Gasteiger charge is -2.33. The topological polar surface area (TPSA) is 104 Å². The van der Waals surface area contributed by atoms with E-state index < -0.39 is 6.09 Å². The van der Waals surface area contributed by atoms with Crippen molar-refractivity contribution in [2.24, 2.45) is 0 Å². The van der Waals surface area contributed by atoms with Crippen LogP contribution in [0.4, 0.5) is 10.6 Å². The number of aromatic nitrogens is 2. The molecule has 1 aliphatic rings. The van der Waals surface area contributed by atoms with E-state index in [4.69, 9.17) is 23.9 Å². The number of para-hydroxylation sites is 1. The first-order chi connectivity index (χ1) is 24.0. The summed E-state index contributed by atoms with van der Waals surface area (Å²) in [5.74, 6) is 2.11. The summed E-state index contributed by atoms with van der Waals surface area (Å²) in [4.78, 5) is 33.8. The number of rotatable bonds is 12. The van der Waals surface area contributed by atoms with E-state index in [1.807, 2.05) is 97.1 Å². The van der Waals surface area contributed by atoms with Crippen LogP contribution in [0.2, 0.25) is 0 Å². The molecule has 49 heavy (non-hydrogen) atoms. The quantitative estimate of drug-likeness (QED) is 0.151. The Kier molecular flexibility index (Phi) is 10.7. The maximum atomic E-state index is 14.1. The summed E-state index contributed by atoms with van der Waals surface area (Å²) < 4.78 is 24.6. The fourth-order valence-corrected chi connectivity index (χ4v) is 5.90. The first kappa shape index (κ1) is 33.1. The van der Waals surface area contributed by atoms with Gasteiger partial charge in [-0.3, -0.25) is 4.79 Å². The highest BCUT2D eigenvalue weighted by Crippen LogP contribution is 2.31. The molecule has 2 heterocycles. The van der Waals surface area contributed by atoms with Crippen molar-refractivity contribution in [3.8, 4) is 28.5 Å². The molecule has 1 unspecified atom stereocenters. The third-order valence-corrected chi connectivity index (χ3v) is 8.52. The van der Waals surface area contributed by atoms with Gasteiger partial charge in [0.15, 0.2) is 5.82 Å². The third-order valence-electron chi connectivity index (χ3n) is 8.52. The van der Waals surface area contributed by atoms with Crippen molar-refractivity contribution in [3.63, 3.8) is 0 Å². The molecule has 0 aliphatic carbocycles. The first-order valence-corrected chi connectivity index (χ1v) is 16.3. The van der Waals surface area contributed by atoms with Gasteiger partial charge in [0.05, 0.1) is 26.0 Å². The van der Waals surface area contributed by atoms with Gasteiger partial charge in [-0.05, 0) is 48.2 Å². The summed E-state index contributed by atoms with van der Waals surface area (Å²) in [5.41, 5.74) is 3.80. The van der Waals surface area contributed by atoms with Gasteiger partial charge in [0.1, 0.15) is 30.5 Å². The summed E-state index contributed by atoms with van der Waals surface area (Å²) in [6.07, 6.45) is 2.80. The van der Waals surface area contributed by atoms with Crippen LogP contribution < -0.4 is 25.1 Å². The molecule has 0 saturated carbocycles. The van der Waals surface area contributed by atoms with Gasteiger partial charge in [-0.1, -0.05) is 72.8 Å². The maximum absolute atomic E-state index is 14.1. The van der Waals surface area contributed by atoms with Crippen molar-refractivity contribution >= 4 is 11.9 Å². The molecule has 5 aromatic rings. The molecule has 1 atom stereocenters. The number of ether oxygens (including phenoxy) is 4. The Hall–Kier alpha value is -5.77. The standard InChI is InChI=1S/C39H40N4O6/c1-46-32-20-19-30(36(22-32)47-2)23-40-37-38(44)43(31-16-11-21-42(24-31)39(45)49-27-29-14-7-4-8-15-29)25-34(41-37)33-17-9-10-18-35(33)48-26-28-12-5-3-6-13-28/h3-10,12-15,17-20,22,25,31H,11,16,21,23-24,26-27H2,1-2H3,(H,40,41). The molecular formula is C39H40N4O6. The molecule has 10 nitrogen and oxygen atoms in total. The largest absolute Gasteiger partial charge is 0.497 e. The Morgan fingerprint density at radius 3 is 2.31 bits per heavy atom.